The number of rotatable bonds is 11. The monoisotopic (exact) mass is 395 g/mol. The molecule has 0 bridgehead atoms. The molecule has 7 heteroatoms. The van der Waals surface area contributed by atoms with Crippen molar-refractivity contribution in [3.8, 4) is 11.5 Å². The van der Waals surface area contributed by atoms with Crippen LogP contribution in [0, 0.1) is 0 Å². The summed E-state index contributed by atoms with van der Waals surface area (Å²) in [5.41, 5.74) is 2.13. The number of benzene rings is 2. The molecule has 0 atom stereocenters. The second-order valence-electron chi connectivity index (χ2n) is 5.80. The normalized spacial score (nSPS) is 10.7. The fourth-order valence-corrected chi connectivity index (χ4v) is 3.28. The summed E-state index contributed by atoms with van der Waals surface area (Å²) >= 11 is 1.45. The van der Waals surface area contributed by atoms with Gasteiger partial charge in [-0.2, -0.15) is 8.78 Å². The first-order valence-corrected chi connectivity index (χ1v) is 9.74. The number of hydrogen-bond donors (Lipinski definition) is 1. The number of ether oxygens (including phenoxy) is 2. The molecule has 1 N–H and O–H groups in total. The van der Waals surface area contributed by atoms with Gasteiger partial charge in [-0.25, -0.2) is 0 Å². The molecule has 146 valence electrons. The molecule has 0 saturated heterocycles. The van der Waals surface area contributed by atoms with Gasteiger partial charge in [0.25, 0.3) is 0 Å². The van der Waals surface area contributed by atoms with Gasteiger partial charge in [-0.05, 0) is 36.1 Å². The van der Waals surface area contributed by atoms with Crippen molar-refractivity contribution in [3.63, 3.8) is 0 Å². The SMILES string of the molecule is COc1cc(CSCC(=O)NCCCc2ccccc2)ccc1OC(F)F. The summed E-state index contributed by atoms with van der Waals surface area (Å²) < 4.78 is 34.1. The van der Waals surface area contributed by atoms with Gasteiger partial charge in [0.05, 0.1) is 12.9 Å². The van der Waals surface area contributed by atoms with Gasteiger partial charge in [0.15, 0.2) is 11.5 Å². The van der Waals surface area contributed by atoms with E-state index in [2.05, 4.69) is 22.2 Å². The molecule has 2 aromatic carbocycles. The van der Waals surface area contributed by atoms with Gasteiger partial charge in [0, 0.05) is 12.3 Å². The molecule has 0 saturated carbocycles. The van der Waals surface area contributed by atoms with E-state index in [0.717, 1.165) is 18.4 Å². The summed E-state index contributed by atoms with van der Waals surface area (Å²) in [5.74, 6) is 1.14. The number of hydrogen-bond acceptors (Lipinski definition) is 4. The number of amides is 1. The van der Waals surface area contributed by atoms with Crippen LogP contribution in [0.5, 0.6) is 11.5 Å². The molecule has 0 aliphatic rings. The second kappa shape index (κ2) is 11.4. The van der Waals surface area contributed by atoms with Gasteiger partial charge in [-0.3, -0.25) is 4.79 Å². The zero-order chi connectivity index (χ0) is 19.5. The number of thioether (sulfide) groups is 1. The quantitative estimate of drug-likeness (QED) is 0.577. The number of carbonyl (C=O) groups is 1. The Morgan fingerprint density at radius 1 is 1.11 bits per heavy atom. The maximum atomic E-state index is 12.3. The molecule has 0 heterocycles. The van der Waals surface area contributed by atoms with Crippen LogP contribution in [-0.4, -0.2) is 31.9 Å². The van der Waals surface area contributed by atoms with Crippen molar-refractivity contribution in [1.29, 1.82) is 0 Å². The third kappa shape index (κ3) is 7.86. The lowest BCUT2D eigenvalue weighted by Crippen LogP contribution is -2.26. The van der Waals surface area contributed by atoms with Crippen LogP contribution in [0.4, 0.5) is 8.78 Å². The van der Waals surface area contributed by atoms with Crippen LogP contribution in [0.15, 0.2) is 48.5 Å². The largest absolute Gasteiger partial charge is 0.493 e. The minimum Gasteiger partial charge on any atom is -0.493 e. The second-order valence-corrected chi connectivity index (χ2v) is 6.78. The molecule has 2 rings (SSSR count). The Hall–Kier alpha value is -2.28. The minimum atomic E-state index is -2.90. The Kier molecular flexibility index (Phi) is 8.91. The highest BCUT2D eigenvalue weighted by molar-refractivity contribution is 7.99. The topological polar surface area (TPSA) is 47.6 Å². The number of methoxy groups -OCH3 is 1. The smallest absolute Gasteiger partial charge is 0.387 e. The first kappa shape index (κ1) is 21.0. The Morgan fingerprint density at radius 2 is 1.89 bits per heavy atom. The third-order valence-corrected chi connectivity index (χ3v) is 4.76. The highest BCUT2D eigenvalue weighted by Crippen LogP contribution is 2.30. The molecular formula is C20H23F2NO3S. The van der Waals surface area contributed by atoms with Crippen LogP contribution in [0.3, 0.4) is 0 Å². The zero-order valence-electron chi connectivity index (χ0n) is 15.1. The van der Waals surface area contributed by atoms with Crippen LogP contribution in [0.25, 0.3) is 0 Å². The van der Waals surface area contributed by atoms with E-state index in [0.29, 0.717) is 18.1 Å². The van der Waals surface area contributed by atoms with Gasteiger partial charge in [0.2, 0.25) is 5.91 Å². The lowest BCUT2D eigenvalue weighted by Gasteiger charge is -2.11. The average molecular weight is 395 g/mol. The summed E-state index contributed by atoms with van der Waals surface area (Å²) in [6, 6.07) is 14.9. The van der Waals surface area contributed by atoms with E-state index in [1.54, 1.807) is 12.1 Å². The van der Waals surface area contributed by atoms with Crippen LogP contribution < -0.4 is 14.8 Å². The summed E-state index contributed by atoms with van der Waals surface area (Å²) in [6.07, 6.45) is 1.82. The van der Waals surface area contributed by atoms with E-state index < -0.39 is 6.61 Å². The molecule has 27 heavy (non-hydrogen) atoms. The van der Waals surface area contributed by atoms with E-state index in [4.69, 9.17) is 4.74 Å². The average Bonchev–Trinajstić information content (AvgIpc) is 2.66. The van der Waals surface area contributed by atoms with Crippen LogP contribution in [0.2, 0.25) is 0 Å². The van der Waals surface area contributed by atoms with E-state index >= 15 is 0 Å². The summed E-state index contributed by atoms with van der Waals surface area (Å²) in [4.78, 5) is 11.9. The van der Waals surface area contributed by atoms with Gasteiger partial charge in [-0.15, -0.1) is 11.8 Å². The maximum Gasteiger partial charge on any atom is 0.387 e. The van der Waals surface area contributed by atoms with Gasteiger partial charge in [-0.1, -0.05) is 36.4 Å². The Labute approximate surface area is 162 Å². The first-order chi connectivity index (χ1) is 13.1. The van der Waals surface area contributed by atoms with E-state index in [-0.39, 0.29) is 17.4 Å². The van der Waals surface area contributed by atoms with Crippen LogP contribution in [0.1, 0.15) is 17.5 Å². The van der Waals surface area contributed by atoms with E-state index in [9.17, 15) is 13.6 Å². The molecule has 0 aliphatic carbocycles. The van der Waals surface area contributed by atoms with Crippen molar-refractivity contribution in [2.45, 2.75) is 25.2 Å². The zero-order valence-corrected chi connectivity index (χ0v) is 15.9. The van der Waals surface area contributed by atoms with E-state index in [1.807, 2.05) is 18.2 Å². The molecule has 0 fully saturated rings. The van der Waals surface area contributed by atoms with Crippen molar-refractivity contribution in [2.75, 3.05) is 19.4 Å². The van der Waals surface area contributed by atoms with Crippen molar-refractivity contribution in [2.24, 2.45) is 0 Å². The molecule has 0 spiro atoms. The Balaban J connectivity index is 1.67. The van der Waals surface area contributed by atoms with Crippen LogP contribution >= 0.6 is 11.8 Å². The van der Waals surface area contributed by atoms with Crippen molar-refractivity contribution in [1.82, 2.24) is 5.32 Å². The summed E-state index contributed by atoms with van der Waals surface area (Å²) in [5, 5.41) is 2.90. The van der Waals surface area contributed by atoms with E-state index in [1.165, 1.54) is 30.5 Å². The number of halogens is 2. The van der Waals surface area contributed by atoms with Gasteiger partial charge >= 0.3 is 6.61 Å². The number of nitrogens with one attached hydrogen (secondary N) is 1. The van der Waals surface area contributed by atoms with Crippen molar-refractivity contribution < 1.29 is 23.0 Å². The molecule has 4 nitrogen and oxygen atoms in total. The fourth-order valence-electron chi connectivity index (χ4n) is 2.47. The summed E-state index contributed by atoms with van der Waals surface area (Å²) in [7, 11) is 1.40. The van der Waals surface area contributed by atoms with Crippen molar-refractivity contribution >= 4 is 17.7 Å². The number of carbonyl (C=O) groups excluding carboxylic acids is 1. The molecular weight excluding hydrogens is 372 g/mol. The first-order valence-electron chi connectivity index (χ1n) is 8.58. The summed E-state index contributed by atoms with van der Waals surface area (Å²) in [6.45, 7) is -2.26. The lowest BCUT2D eigenvalue weighted by atomic mass is 10.1. The predicted molar refractivity (Wildman–Crippen MR) is 104 cm³/mol. The van der Waals surface area contributed by atoms with Crippen molar-refractivity contribution in [3.05, 3.63) is 59.7 Å². The third-order valence-electron chi connectivity index (χ3n) is 3.75. The highest BCUT2D eigenvalue weighted by Gasteiger charge is 2.11. The lowest BCUT2D eigenvalue weighted by molar-refractivity contribution is -0.118. The molecule has 0 unspecified atom stereocenters. The number of alkyl halides is 2. The van der Waals surface area contributed by atoms with Gasteiger partial charge in [0.1, 0.15) is 0 Å². The fraction of sp³-hybridized carbons (Fsp3) is 0.350. The Morgan fingerprint density at radius 3 is 2.59 bits per heavy atom. The van der Waals surface area contributed by atoms with Gasteiger partial charge < -0.3 is 14.8 Å². The maximum absolute atomic E-state index is 12.3. The minimum absolute atomic E-state index is 0.00240. The molecule has 0 aliphatic heterocycles. The Bertz CT molecular complexity index is 714. The standard InChI is InChI=1S/C20H23F2NO3S/c1-25-18-12-16(9-10-17(18)26-20(21)22)13-27-14-19(24)23-11-5-8-15-6-3-2-4-7-15/h2-4,6-7,9-10,12,20H,5,8,11,13-14H2,1H3,(H,23,24). The number of aryl methyl sites for hydroxylation is 1. The molecule has 1 amide bonds. The molecule has 2 aromatic rings. The van der Waals surface area contributed by atoms with Crippen LogP contribution in [-0.2, 0) is 17.0 Å². The molecule has 0 radical (unpaired) electrons. The molecule has 0 aromatic heterocycles. The predicted octanol–water partition coefficient (Wildman–Crippen LogP) is 4.28. The highest BCUT2D eigenvalue weighted by atomic mass is 32.2.